The van der Waals surface area contributed by atoms with Crippen LogP contribution < -0.4 is 0 Å². The summed E-state index contributed by atoms with van der Waals surface area (Å²) in [5, 5.41) is 9.55. The quantitative estimate of drug-likeness (QED) is 0.145. The number of carbonyl (C=O) groups is 1. The number of hydrogen-bond donors (Lipinski definition) is 1. The van der Waals surface area contributed by atoms with Gasteiger partial charge in [-0.1, -0.05) is 104 Å². The Morgan fingerprint density at radius 1 is 0.690 bits per heavy atom. The highest BCUT2D eigenvalue weighted by Gasteiger charge is 2.10. The molecular formula is C26H52O3. The molecule has 174 valence electrons. The highest BCUT2D eigenvalue weighted by molar-refractivity contribution is 5.69. The van der Waals surface area contributed by atoms with E-state index in [0.29, 0.717) is 31.5 Å². The number of rotatable bonds is 22. The highest BCUT2D eigenvalue weighted by atomic mass is 16.5. The lowest BCUT2D eigenvalue weighted by molar-refractivity contribution is -0.145. The van der Waals surface area contributed by atoms with E-state index in [1.54, 1.807) is 0 Å². The molecule has 0 aromatic carbocycles. The summed E-state index contributed by atoms with van der Waals surface area (Å²) in [6.07, 6.45) is 21.3. The van der Waals surface area contributed by atoms with Gasteiger partial charge in [-0.05, 0) is 37.5 Å². The Morgan fingerprint density at radius 3 is 1.76 bits per heavy atom. The first-order valence-electron chi connectivity index (χ1n) is 12.9. The van der Waals surface area contributed by atoms with Gasteiger partial charge >= 0.3 is 5.97 Å². The zero-order valence-corrected chi connectivity index (χ0v) is 20.1. The van der Waals surface area contributed by atoms with E-state index in [0.717, 1.165) is 19.3 Å². The van der Waals surface area contributed by atoms with E-state index in [1.165, 1.54) is 89.9 Å². The molecule has 29 heavy (non-hydrogen) atoms. The summed E-state index contributed by atoms with van der Waals surface area (Å²) in [5.41, 5.74) is 0. The van der Waals surface area contributed by atoms with Gasteiger partial charge in [0.1, 0.15) is 0 Å². The largest absolute Gasteiger partial charge is 0.465 e. The molecule has 0 aromatic heterocycles. The van der Waals surface area contributed by atoms with Crippen LogP contribution in [0.1, 0.15) is 136 Å². The molecule has 0 aromatic rings. The van der Waals surface area contributed by atoms with Crippen molar-refractivity contribution in [3.63, 3.8) is 0 Å². The van der Waals surface area contributed by atoms with Crippen molar-refractivity contribution in [3.05, 3.63) is 0 Å². The van der Waals surface area contributed by atoms with E-state index in [1.807, 2.05) is 0 Å². The zero-order valence-electron chi connectivity index (χ0n) is 20.1. The third-order valence-corrected chi connectivity index (χ3v) is 6.24. The fourth-order valence-corrected chi connectivity index (χ4v) is 3.95. The predicted octanol–water partition coefficient (Wildman–Crippen LogP) is 7.84. The van der Waals surface area contributed by atoms with Crippen molar-refractivity contribution in [2.75, 3.05) is 13.2 Å². The Kier molecular flexibility index (Phi) is 21.7. The maximum Gasteiger partial charge on any atom is 0.305 e. The van der Waals surface area contributed by atoms with Gasteiger partial charge in [-0.3, -0.25) is 4.79 Å². The maximum atomic E-state index is 11.9. The Hall–Kier alpha value is -0.570. The second-order valence-electron chi connectivity index (χ2n) is 9.01. The van der Waals surface area contributed by atoms with E-state index >= 15 is 0 Å². The minimum atomic E-state index is -0.00956. The molecule has 0 heterocycles. The van der Waals surface area contributed by atoms with E-state index in [4.69, 9.17) is 4.74 Å². The molecule has 3 nitrogen and oxygen atoms in total. The van der Waals surface area contributed by atoms with E-state index < -0.39 is 0 Å². The number of aliphatic hydroxyl groups excluding tert-OH is 1. The van der Waals surface area contributed by atoms with Crippen molar-refractivity contribution in [1.29, 1.82) is 0 Å². The summed E-state index contributed by atoms with van der Waals surface area (Å²) in [6.45, 7) is 7.61. The molecule has 3 heteroatoms. The number of hydrogen-bond acceptors (Lipinski definition) is 3. The zero-order chi connectivity index (χ0) is 21.6. The Labute approximate surface area is 182 Å². The number of esters is 1. The molecular weight excluding hydrogens is 360 g/mol. The molecule has 2 unspecified atom stereocenters. The van der Waals surface area contributed by atoms with Crippen LogP contribution in [0, 0.1) is 11.8 Å². The van der Waals surface area contributed by atoms with Crippen LogP contribution in [-0.2, 0) is 9.53 Å². The van der Waals surface area contributed by atoms with Gasteiger partial charge in [0.15, 0.2) is 0 Å². The molecule has 0 amide bonds. The third kappa shape index (κ3) is 19.2. The van der Waals surface area contributed by atoms with Crippen LogP contribution in [0.25, 0.3) is 0 Å². The number of unbranched alkanes of at least 4 members (excludes halogenated alkanes) is 10. The van der Waals surface area contributed by atoms with Gasteiger partial charge in [-0.15, -0.1) is 0 Å². The number of aliphatic hydroxyl groups is 1. The van der Waals surface area contributed by atoms with Crippen molar-refractivity contribution >= 4 is 5.97 Å². The summed E-state index contributed by atoms with van der Waals surface area (Å²) < 4.78 is 5.47. The van der Waals surface area contributed by atoms with Crippen molar-refractivity contribution in [2.45, 2.75) is 136 Å². The smallest absolute Gasteiger partial charge is 0.305 e. The Balaban J connectivity index is 3.51. The molecule has 0 radical (unpaired) electrons. The molecule has 0 aliphatic rings. The molecule has 0 aliphatic heterocycles. The predicted molar refractivity (Wildman–Crippen MR) is 125 cm³/mol. The topological polar surface area (TPSA) is 46.5 Å². The molecule has 0 fully saturated rings. The van der Waals surface area contributed by atoms with Crippen LogP contribution in [0.15, 0.2) is 0 Å². The van der Waals surface area contributed by atoms with Gasteiger partial charge in [-0.2, -0.15) is 0 Å². The average molecular weight is 413 g/mol. The van der Waals surface area contributed by atoms with Gasteiger partial charge in [0.2, 0.25) is 0 Å². The third-order valence-electron chi connectivity index (χ3n) is 6.24. The van der Waals surface area contributed by atoms with Crippen molar-refractivity contribution in [1.82, 2.24) is 0 Å². The highest BCUT2D eigenvalue weighted by Crippen LogP contribution is 2.19. The minimum absolute atomic E-state index is 0.00956. The molecule has 1 N–H and O–H groups in total. The fourth-order valence-electron chi connectivity index (χ4n) is 3.95. The number of carbonyl (C=O) groups excluding carboxylic acids is 1. The second kappa shape index (κ2) is 22.1. The van der Waals surface area contributed by atoms with Crippen LogP contribution >= 0.6 is 0 Å². The van der Waals surface area contributed by atoms with Crippen molar-refractivity contribution in [2.24, 2.45) is 11.8 Å². The summed E-state index contributed by atoms with van der Waals surface area (Å²) >= 11 is 0. The van der Waals surface area contributed by atoms with Gasteiger partial charge < -0.3 is 9.84 Å². The van der Waals surface area contributed by atoms with Crippen LogP contribution in [0.4, 0.5) is 0 Å². The van der Waals surface area contributed by atoms with Crippen molar-refractivity contribution < 1.29 is 14.6 Å². The first-order chi connectivity index (χ1) is 14.2. The van der Waals surface area contributed by atoms with E-state index in [-0.39, 0.29) is 5.97 Å². The fraction of sp³-hybridized carbons (Fsp3) is 0.962. The Morgan fingerprint density at radius 2 is 1.21 bits per heavy atom. The van der Waals surface area contributed by atoms with Crippen LogP contribution in [-0.4, -0.2) is 24.3 Å². The lowest BCUT2D eigenvalue weighted by atomic mass is 9.95. The lowest BCUT2D eigenvalue weighted by Gasteiger charge is -2.14. The lowest BCUT2D eigenvalue weighted by Crippen LogP contribution is -2.13. The molecule has 0 bridgehead atoms. The van der Waals surface area contributed by atoms with Gasteiger partial charge in [0.05, 0.1) is 6.61 Å². The molecule has 0 saturated heterocycles. The first kappa shape index (κ1) is 28.4. The van der Waals surface area contributed by atoms with Crippen molar-refractivity contribution in [3.8, 4) is 0 Å². The minimum Gasteiger partial charge on any atom is -0.465 e. The second-order valence-corrected chi connectivity index (χ2v) is 9.01. The van der Waals surface area contributed by atoms with E-state index in [9.17, 15) is 9.90 Å². The summed E-state index contributed by atoms with van der Waals surface area (Å²) in [6, 6.07) is 0. The van der Waals surface area contributed by atoms with E-state index in [2.05, 4.69) is 20.8 Å². The molecule has 2 atom stereocenters. The maximum absolute atomic E-state index is 11.9. The van der Waals surface area contributed by atoms with Gasteiger partial charge in [0, 0.05) is 13.0 Å². The van der Waals surface area contributed by atoms with Crippen LogP contribution in [0.2, 0.25) is 0 Å². The summed E-state index contributed by atoms with van der Waals surface area (Å²) in [4.78, 5) is 11.9. The van der Waals surface area contributed by atoms with Crippen LogP contribution in [0.5, 0.6) is 0 Å². The molecule has 0 saturated carbocycles. The summed E-state index contributed by atoms with van der Waals surface area (Å²) in [7, 11) is 0. The molecule has 0 spiro atoms. The Bertz CT molecular complexity index is 343. The normalized spacial score (nSPS) is 13.4. The van der Waals surface area contributed by atoms with Crippen LogP contribution in [0.3, 0.4) is 0 Å². The molecule has 0 rings (SSSR count). The van der Waals surface area contributed by atoms with Gasteiger partial charge in [0.25, 0.3) is 0 Å². The SMILES string of the molecule is CCCCCCCC(CO)CCCCCCCCC(=O)OCC(CC)CCCC. The number of ether oxygens (including phenoxy) is 1. The standard InChI is InChI=1S/C26H52O3/c1-4-7-9-12-15-19-25(22-27)20-16-13-10-11-14-17-21-26(28)29-23-24(6-3)18-8-5-2/h24-25,27H,4-23H2,1-3H3. The summed E-state index contributed by atoms with van der Waals surface area (Å²) in [5.74, 6) is 1.04. The molecule has 0 aliphatic carbocycles. The monoisotopic (exact) mass is 412 g/mol. The average Bonchev–Trinajstić information content (AvgIpc) is 2.74. The first-order valence-corrected chi connectivity index (χ1v) is 12.9. The van der Waals surface area contributed by atoms with Gasteiger partial charge in [-0.25, -0.2) is 0 Å².